The summed E-state index contributed by atoms with van der Waals surface area (Å²) in [5.41, 5.74) is 4.90. The Balaban J connectivity index is 3.57. The van der Waals surface area contributed by atoms with Crippen molar-refractivity contribution in [2.45, 2.75) is 26.2 Å². The van der Waals surface area contributed by atoms with E-state index in [9.17, 15) is 9.59 Å². The van der Waals surface area contributed by atoms with Crippen LogP contribution in [0.4, 0.5) is 0 Å². The number of ketones is 1. The molecule has 0 radical (unpaired) electrons. The molecule has 0 atom stereocenters. The smallest absolute Gasteiger partial charge is 0.227 e. The van der Waals surface area contributed by atoms with Crippen LogP contribution in [0.25, 0.3) is 0 Å². The second-order valence-corrected chi connectivity index (χ2v) is 2.35. The molecule has 0 aromatic rings. The molecule has 68 valence electrons. The van der Waals surface area contributed by atoms with Crippen LogP contribution < -0.4 is 11.1 Å². The summed E-state index contributed by atoms with van der Waals surface area (Å²) in [5.74, 6) is -0.734. The molecule has 0 fully saturated rings. The Morgan fingerprint density at radius 1 is 1.42 bits per heavy atom. The van der Waals surface area contributed by atoms with Gasteiger partial charge in [-0.25, -0.2) is 0 Å². The third kappa shape index (κ3) is 5.40. The highest BCUT2D eigenvalue weighted by Crippen LogP contribution is 1.93. The van der Waals surface area contributed by atoms with Crippen LogP contribution in [0.15, 0.2) is 0 Å². The van der Waals surface area contributed by atoms with E-state index in [1.54, 1.807) is 6.92 Å². The lowest BCUT2D eigenvalue weighted by molar-refractivity contribution is -0.124. The van der Waals surface area contributed by atoms with E-state index in [-0.39, 0.29) is 30.5 Å². The van der Waals surface area contributed by atoms with Gasteiger partial charge in [0.15, 0.2) is 5.96 Å². The van der Waals surface area contributed by atoms with Gasteiger partial charge in [-0.15, -0.1) is 0 Å². The molecule has 12 heavy (non-hydrogen) atoms. The van der Waals surface area contributed by atoms with Crippen molar-refractivity contribution in [1.82, 2.24) is 5.32 Å². The van der Waals surface area contributed by atoms with Crippen LogP contribution in [-0.2, 0) is 9.59 Å². The molecule has 0 spiro atoms. The molecule has 0 aliphatic carbocycles. The maximum Gasteiger partial charge on any atom is 0.227 e. The van der Waals surface area contributed by atoms with Crippen LogP contribution in [0.1, 0.15) is 26.2 Å². The molecule has 0 saturated heterocycles. The predicted octanol–water partition coefficient (Wildman–Crippen LogP) is -0.245. The summed E-state index contributed by atoms with van der Waals surface area (Å²) in [6.07, 6.45) is 0.759. The number of nitrogens with two attached hydrogens (primary N) is 1. The molecule has 0 bridgehead atoms. The van der Waals surface area contributed by atoms with Gasteiger partial charge >= 0.3 is 0 Å². The molecule has 1 amide bonds. The van der Waals surface area contributed by atoms with Gasteiger partial charge in [0.05, 0.1) is 0 Å². The van der Waals surface area contributed by atoms with E-state index in [4.69, 9.17) is 11.1 Å². The first-order valence-corrected chi connectivity index (χ1v) is 3.71. The standard InChI is InChI=1S/C7H13N3O2/c1-2-5(11)3-4-6(12)10-7(8)9/h2-4H2,1H3,(H4,8,9,10,12). The summed E-state index contributed by atoms with van der Waals surface area (Å²) >= 11 is 0. The first-order chi connectivity index (χ1) is 5.56. The molecule has 0 saturated carbocycles. The number of guanidine groups is 1. The first kappa shape index (κ1) is 10.6. The lowest BCUT2D eigenvalue weighted by Crippen LogP contribution is -2.35. The van der Waals surface area contributed by atoms with Crippen molar-refractivity contribution in [2.75, 3.05) is 0 Å². The Kier molecular flexibility index (Phi) is 4.67. The van der Waals surface area contributed by atoms with E-state index in [0.717, 1.165) is 0 Å². The Labute approximate surface area is 70.8 Å². The number of carbonyl (C=O) groups excluding carboxylic acids is 2. The molecule has 0 heterocycles. The number of hydrogen-bond acceptors (Lipinski definition) is 3. The zero-order valence-electron chi connectivity index (χ0n) is 7.02. The maximum atomic E-state index is 10.8. The number of nitrogens with one attached hydrogen (secondary N) is 2. The van der Waals surface area contributed by atoms with Gasteiger partial charge in [0.25, 0.3) is 0 Å². The van der Waals surface area contributed by atoms with E-state index >= 15 is 0 Å². The minimum absolute atomic E-state index is 0.0358. The average Bonchev–Trinajstić information content (AvgIpc) is 1.99. The Morgan fingerprint density at radius 3 is 2.42 bits per heavy atom. The van der Waals surface area contributed by atoms with Crippen molar-refractivity contribution >= 4 is 17.6 Å². The second kappa shape index (κ2) is 5.29. The van der Waals surface area contributed by atoms with Crippen molar-refractivity contribution in [2.24, 2.45) is 5.73 Å². The molecule has 0 aliphatic rings. The SMILES string of the molecule is CCC(=O)CCC(=O)NC(=N)N. The molecular formula is C7H13N3O2. The highest BCUT2D eigenvalue weighted by Gasteiger charge is 2.04. The summed E-state index contributed by atoms with van der Waals surface area (Å²) in [7, 11) is 0. The fourth-order valence-corrected chi connectivity index (χ4v) is 0.642. The summed E-state index contributed by atoms with van der Waals surface area (Å²) in [5, 5.41) is 8.81. The number of rotatable bonds is 4. The summed E-state index contributed by atoms with van der Waals surface area (Å²) in [6.45, 7) is 1.74. The lowest BCUT2D eigenvalue weighted by Gasteiger charge is -2.00. The molecule has 0 unspecified atom stereocenters. The van der Waals surface area contributed by atoms with Gasteiger partial charge in [-0.3, -0.25) is 20.3 Å². The number of hydrogen-bond donors (Lipinski definition) is 3. The van der Waals surface area contributed by atoms with Crippen LogP contribution in [0.2, 0.25) is 0 Å². The lowest BCUT2D eigenvalue weighted by atomic mass is 10.2. The third-order valence-electron chi connectivity index (χ3n) is 1.30. The molecular weight excluding hydrogens is 158 g/mol. The molecule has 0 aromatic carbocycles. The minimum atomic E-state index is -0.385. The quantitative estimate of drug-likeness (QED) is 0.402. The van der Waals surface area contributed by atoms with E-state index < -0.39 is 0 Å². The zero-order chi connectivity index (χ0) is 9.56. The number of Topliss-reactive ketones (excluding diaryl/α,β-unsaturated/α-hetero) is 1. The van der Waals surface area contributed by atoms with Crippen molar-refractivity contribution in [3.63, 3.8) is 0 Å². The Bertz CT molecular complexity index is 201. The predicted molar refractivity (Wildman–Crippen MR) is 44.6 cm³/mol. The number of amides is 1. The molecule has 5 nitrogen and oxygen atoms in total. The van der Waals surface area contributed by atoms with Crippen molar-refractivity contribution in [1.29, 1.82) is 5.41 Å². The van der Waals surface area contributed by atoms with Crippen LogP contribution in [0.5, 0.6) is 0 Å². The average molecular weight is 171 g/mol. The maximum absolute atomic E-state index is 10.8. The van der Waals surface area contributed by atoms with Gasteiger partial charge < -0.3 is 5.73 Å². The van der Waals surface area contributed by atoms with Gasteiger partial charge in [-0.2, -0.15) is 0 Å². The Hall–Kier alpha value is -1.39. The Morgan fingerprint density at radius 2 is 2.00 bits per heavy atom. The highest BCUT2D eigenvalue weighted by molar-refractivity contribution is 5.96. The van der Waals surface area contributed by atoms with Gasteiger partial charge in [0.1, 0.15) is 5.78 Å². The van der Waals surface area contributed by atoms with Crippen molar-refractivity contribution in [3.8, 4) is 0 Å². The van der Waals surface area contributed by atoms with Crippen LogP contribution in [0, 0.1) is 5.41 Å². The van der Waals surface area contributed by atoms with E-state index in [2.05, 4.69) is 5.32 Å². The summed E-state index contributed by atoms with van der Waals surface area (Å²) in [4.78, 5) is 21.5. The second-order valence-electron chi connectivity index (χ2n) is 2.35. The van der Waals surface area contributed by atoms with Crippen molar-refractivity contribution in [3.05, 3.63) is 0 Å². The van der Waals surface area contributed by atoms with Gasteiger partial charge in [0, 0.05) is 19.3 Å². The molecule has 4 N–H and O–H groups in total. The summed E-state index contributed by atoms with van der Waals surface area (Å²) < 4.78 is 0. The minimum Gasteiger partial charge on any atom is -0.370 e. The van der Waals surface area contributed by atoms with Gasteiger partial charge in [-0.1, -0.05) is 6.92 Å². The van der Waals surface area contributed by atoms with Crippen LogP contribution in [-0.4, -0.2) is 17.6 Å². The normalized spacial score (nSPS) is 9.08. The molecule has 5 heteroatoms. The topological polar surface area (TPSA) is 96.0 Å². The van der Waals surface area contributed by atoms with Gasteiger partial charge in [0.2, 0.25) is 5.91 Å². The molecule has 0 rings (SSSR count). The summed E-state index contributed by atoms with van der Waals surface area (Å²) in [6, 6.07) is 0. The molecule has 0 aliphatic heterocycles. The van der Waals surface area contributed by atoms with Crippen LogP contribution in [0.3, 0.4) is 0 Å². The van der Waals surface area contributed by atoms with Gasteiger partial charge in [-0.05, 0) is 0 Å². The number of carbonyl (C=O) groups is 2. The first-order valence-electron chi connectivity index (χ1n) is 3.71. The highest BCUT2D eigenvalue weighted by atomic mass is 16.2. The largest absolute Gasteiger partial charge is 0.370 e. The zero-order valence-corrected chi connectivity index (χ0v) is 7.02. The van der Waals surface area contributed by atoms with E-state index in [1.807, 2.05) is 0 Å². The fourth-order valence-electron chi connectivity index (χ4n) is 0.642. The van der Waals surface area contributed by atoms with E-state index in [1.165, 1.54) is 0 Å². The van der Waals surface area contributed by atoms with E-state index in [0.29, 0.717) is 6.42 Å². The van der Waals surface area contributed by atoms with Crippen LogP contribution >= 0.6 is 0 Å². The monoisotopic (exact) mass is 171 g/mol. The van der Waals surface area contributed by atoms with Crippen molar-refractivity contribution < 1.29 is 9.59 Å². The fraction of sp³-hybridized carbons (Fsp3) is 0.571. The molecule has 0 aromatic heterocycles. The third-order valence-corrected chi connectivity index (χ3v) is 1.30.